The maximum Gasteiger partial charge on any atom is 0.326 e. The molecule has 1 N–H and O–H groups in total. The van der Waals surface area contributed by atoms with Gasteiger partial charge < -0.3 is 10.1 Å². The molecule has 1 rings (SSSR count). The highest BCUT2D eigenvalue weighted by molar-refractivity contribution is 5.80. The molecule has 0 amide bonds. The van der Waals surface area contributed by atoms with Crippen molar-refractivity contribution in [3.63, 3.8) is 0 Å². The van der Waals surface area contributed by atoms with Crippen LogP contribution in [0.25, 0.3) is 0 Å². The molecule has 0 bridgehead atoms. The normalized spacial score (nSPS) is 13.9. The number of hydrogen-bond acceptors (Lipinski definition) is 3. The summed E-state index contributed by atoms with van der Waals surface area (Å²) in [5.74, 6) is -0.545. The van der Waals surface area contributed by atoms with Gasteiger partial charge in [0.05, 0.1) is 6.61 Å². The van der Waals surface area contributed by atoms with Gasteiger partial charge in [0.25, 0.3) is 0 Å². The Hall–Kier alpha value is -1.42. The second-order valence-electron chi connectivity index (χ2n) is 4.78. The average Bonchev–Trinajstić information content (AvgIpc) is 2.39. The lowest BCUT2D eigenvalue weighted by molar-refractivity contribution is -0.150. The Bertz CT molecular complexity index is 405. The van der Waals surface area contributed by atoms with Crippen LogP contribution >= 0.6 is 0 Å². The summed E-state index contributed by atoms with van der Waals surface area (Å²) in [5, 5.41) is 3.23. The molecule has 0 aliphatic heterocycles. The maximum absolute atomic E-state index is 12.9. The summed E-state index contributed by atoms with van der Waals surface area (Å²) in [7, 11) is 0. The van der Waals surface area contributed by atoms with Crippen LogP contribution in [0.1, 0.15) is 32.8 Å². The zero-order valence-electron chi connectivity index (χ0n) is 11.8. The van der Waals surface area contributed by atoms with Crippen LogP contribution < -0.4 is 5.32 Å². The first kappa shape index (κ1) is 15.6. The predicted octanol–water partition coefficient (Wildman–Crippen LogP) is 2.69. The molecule has 1 aromatic carbocycles. The molecular weight excluding hydrogens is 245 g/mol. The molecule has 106 valence electrons. The lowest BCUT2D eigenvalue weighted by Gasteiger charge is -2.28. The second kappa shape index (κ2) is 7.24. The van der Waals surface area contributed by atoms with Crippen LogP contribution in [0.3, 0.4) is 0 Å². The van der Waals surface area contributed by atoms with Gasteiger partial charge in [-0.25, -0.2) is 4.39 Å². The third kappa shape index (κ3) is 4.63. The minimum Gasteiger partial charge on any atom is -0.465 e. The van der Waals surface area contributed by atoms with Crippen LogP contribution in [0.4, 0.5) is 4.39 Å². The van der Waals surface area contributed by atoms with E-state index in [1.807, 2.05) is 13.8 Å². The molecule has 0 spiro atoms. The number of rotatable bonds is 7. The zero-order chi connectivity index (χ0) is 14.3. The van der Waals surface area contributed by atoms with Crippen LogP contribution in [0.15, 0.2) is 24.3 Å². The van der Waals surface area contributed by atoms with Crippen molar-refractivity contribution in [2.24, 2.45) is 0 Å². The van der Waals surface area contributed by atoms with Gasteiger partial charge in [-0.1, -0.05) is 19.1 Å². The Morgan fingerprint density at radius 1 is 1.32 bits per heavy atom. The quantitative estimate of drug-likeness (QED) is 0.772. The molecule has 4 heteroatoms. The van der Waals surface area contributed by atoms with Crippen molar-refractivity contribution in [2.45, 2.75) is 39.2 Å². The summed E-state index contributed by atoms with van der Waals surface area (Å²) in [5.41, 5.74) is 0.129. The predicted molar refractivity (Wildman–Crippen MR) is 73.4 cm³/mol. The number of ether oxygens (including phenoxy) is 1. The van der Waals surface area contributed by atoms with Crippen LogP contribution in [-0.2, 0) is 16.0 Å². The summed E-state index contributed by atoms with van der Waals surface area (Å²) in [6, 6.07) is 6.20. The first-order valence-corrected chi connectivity index (χ1v) is 6.68. The van der Waals surface area contributed by atoms with E-state index in [0.717, 1.165) is 18.5 Å². The molecule has 1 atom stereocenters. The van der Waals surface area contributed by atoms with Gasteiger partial charge in [0.15, 0.2) is 0 Å². The second-order valence-corrected chi connectivity index (χ2v) is 4.78. The Morgan fingerprint density at radius 3 is 2.47 bits per heavy atom. The molecule has 19 heavy (non-hydrogen) atoms. The molecule has 0 radical (unpaired) electrons. The van der Waals surface area contributed by atoms with Gasteiger partial charge in [0.1, 0.15) is 11.4 Å². The Morgan fingerprint density at radius 2 is 1.95 bits per heavy atom. The summed E-state index contributed by atoms with van der Waals surface area (Å²) in [6.45, 7) is 6.73. The highest BCUT2D eigenvalue weighted by Gasteiger charge is 2.34. The van der Waals surface area contributed by atoms with E-state index in [2.05, 4.69) is 5.32 Å². The van der Waals surface area contributed by atoms with Crippen molar-refractivity contribution in [1.29, 1.82) is 0 Å². The maximum atomic E-state index is 12.9. The number of carbonyl (C=O) groups excluding carboxylic acids is 1. The molecule has 0 aliphatic rings. The van der Waals surface area contributed by atoms with E-state index in [0.29, 0.717) is 13.0 Å². The summed E-state index contributed by atoms with van der Waals surface area (Å²) in [4.78, 5) is 12.1. The standard InChI is InChI=1S/C15H22FNO2/c1-4-10-17-15(3,14(18)19-5-2)11-12-6-8-13(16)9-7-12/h6-9,17H,4-5,10-11H2,1-3H3. The van der Waals surface area contributed by atoms with Gasteiger partial charge in [0.2, 0.25) is 0 Å². The summed E-state index contributed by atoms with van der Waals surface area (Å²) >= 11 is 0. The molecule has 0 fully saturated rings. The van der Waals surface area contributed by atoms with E-state index in [-0.39, 0.29) is 11.8 Å². The van der Waals surface area contributed by atoms with Crippen molar-refractivity contribution in [1.82, 2.24) is 5.32 Å². The molecule has 3 nitrogen and oxygen atoms in total. The number of halogens is 1. The molecular formula is C15H22FNO2. The van der Waals surface area contributed by atoms with Crippen molar-refractivity contribution >= 4 is 5.97 Å². The lowest BCUT2D eigenvalue weighted by atomic mass is 9.92. The van der Waals surface area contributed by atoms with Crippen molar-refractivity contribution in [3.8, 4) is 0 Å². The minimum absolute atomic E-state index is 0.271. The van der Waals surface area contributed by atoms with Gasteiger partial charge in [-0.05, 0) is 44.5 Å². The summed E-state index contributed by atoms with van der Waals surface area (Å²) in [6.07, 6.45) is 1.41. The van der Waals surface area contributed by atoms with Gasteiger partial charge in [0, 0.05) is 6.42 Å². The number of nitrogens with one attached hydrogen (secondary N) is 1. The first-order valence-electron chi connectivity index (χ1n) is 6.68. The SMILES string of the molecule is CCCNC(C)(Cc1ccc(F)cc1)C(=O)OCC. The highest BCUT2D eigenvalue weighted by Crippen LogP contribution is 2.16. The van der Waals surface area contributed by atoms with E-state index in [1.165, 1.54) is 12.1 Å². The van der Waals surface area contributed by atoms with Crippen LogP contribution in [0, 0.1) is 5.82 Å². The lowest BCUT2D eigenvalue weighted by Crippen LogP contribution is -2.52. The van der Waals surface area contributed by atoms with Crippen molar-refractivity contribution in [2.75, 3.05) is 13.2 Å². The Kier molecular flexibility index (Phi) is 5.96. The molecule has 1 aromatic rings. The zero-order valence-corrected chi connectivity index (χ0v) is 11.8. The van der Waals surface area contributed by atoms with Crippen LogP contribution in [0.5, 0.6) is 0 Å². The first-order chi connectivity index (χ1) is 9.01. The molecule has 0 saturated heterocycles. The van der Waals surface area contributed by atoms with Crippen LogP contribution in [-0.4, -0.2) is 24.7 Å². The highest BCUT2D eigenvalue weighted by atomic mass is 19.1. The molecule has 0 aliphatic carbocycles. The molecule has 0 heterocycles. The largest absolute Gasteiger partial charge is 0.465 e. The number of carbonyl (C=O) groups is 1. The fourth-order valence-electron chi connectivity index (χ4n) is 1.91. The fraction of sp³-hybridized carbons (Fsp3) is 0.533. The fourth-order valence-corrected chi connectivity index (χ4v) is 1.91. The third-order valence-electron chi connectivity index (χ3n) is 2.96. The van der Waals surface area contributed by atoms with E-state index in [4.69, 9.17) is 4.74 Å². The van der Waals surface area contributed by atoms with E-state index < -0.39 is 5.54 Å². The van der Waals surface area contributed by atoms with Gasteiger partial charge in [-0.3, -0.25) is 4.79 Å². The average molecular weight is 267 g/mol. The smallest absolute Gasteiger partial charge is 0.326 e. The third-order valence-corrected chi connectivity index (χ3v) is 2.96. The van der Waals surface area contributed by atoms with Gasteiger partial charge in [-0.15, -0.1) is 0 Å². The monoisotopic (exact) mass is 267 g/mol. The number of hydrogen-bond donors (Lipinski definition) is 1. The molecule has 0 saturated carbocycles. The minimum atomic E-state index is -0.774. The molecule has 0 aromatic heterocycles. The topological polar surface area (TPSA) is 38.3 Å². The number of esters is 1. The van der Waals surface area contributed by atoms with E-state index >= 15 is 0 Å². The Balaban J connectivity index is 2.83. The molecule has 1 unspecified atom stereocenters. The van der Waals surface area contributed by atoms with Gasteiger partial charge >= 0.3 is 5.97 Å². The van der Waals surface area contributed by atoms with E-state index in [1.54, 1.807) is 19.1 Å². The Labute approximate surface area is 114 Å². The van der Waals surface area contributed by atoms with Crippen molar-refractivity contribution in [3.05, 3.63) is 35.6 Å². The number of benzene rings is 1. The van der Waals surface area contributed by atoms with Gasteiger partial charge in [-0.2, -0.15) is 0 Å². The van der Waals surface area contributed by atoms with Crippen molar-refractivity contribution < 1.29 is 13.9 Å². The summed E-state index contributed by atoms with van der Waals surface area (Å²) < 4.78 is 18.0. The van der Waals surface area contributed by atoms with Crippen LogP contribution in [0.2, 0.25) is 0 Å². The van der Waals surface area contributed by atoms with E-state index in [9.17, 15) is 9.18 Å².